The van der Waals surface area contributed by atoms with E-state index in [1.807, 2.05) is 19.9 Å². The molecule has 0 aromatic carbocycles. The van der Waals surface area contributed by atoms with Crippen molar-refractivity contribution >= 4 is 11.9 Å². The lowest BCUT2D eigenvalue weighted by atomic mass is 9.73. The monoisotopic (exact) mass is 362 g/mol. The smallest absolute Gasteiger partial charge is 0.333 e. The van der Waals surface area contributed by atoms with Gasteiger partial charge in [0.2, 0.25) is 0 Å². The van der Waals surface area contributed by atoms with Gasteiger partial charge in [-0.1, -0.05) is 13.0 Å². The van der Waals surface area contributed by atoms with Crippen LogP contribution < -0.4 is 0 Å². The van der Waals surface area contributed by atoms with E-state index in [0.29, 0.717) is 12.0 Å². The summed E-state index contributed by atoms with van der Waals surface area (Å²) in [5.41, 5.74) is -0.351. The largest absolute Gasteiger partial charge is 0.461 e. The van der Waals surface area contributed by atoms with Gasteiger partial charge < -0.3 is 19.3 Å². The number of ether oxygens (including phenoxy) is 3. The highest BCUT2D eigenvalue weighted by Crippen LogP contribution is 2.64. The normalized spacial score (nSPS) is 49.4. The Morgan fingerprint density at radius 2 is 2.15 bits per heavy atom. The van der Waals surface area contributed by atoms with Crippen LogP contribution in [0.3, 0.4) is 0 Å². The van der Waals surface area contributed by atoms with Gasteiger partial charge in [0.1, 0.15) is 17.8 Å². The van der Waals surface area contributed by atoms with Crippen molar-refractivity contribution in [3.8, 4) is 0 Å². The third-order valence-electron chi connectivity index (χ3n) is 6.99. The zero-order chi connectivity index (χ0) is 19.0. The summed E-state index contributed by atoms with van der Waals surface area (Å²) in [5, 5.41) is 11.5. The average Bonchev–Trinajstić information content (AvgIpc) is 3.05. The Kier molecular flexibility index (Phi) is 3.70. The van der Waals surface area contributed by atoms with Gasteiger partial charge in [-0.05, 0) is 39.3 Å². The molecular weight excluding hydrogens is 336 g/mol. The van der Waals surface area contributed by atoms with E-state index < -0.39 is 35.3 Å². The van der Waals surface area contributed by atoms with Crippen LogP contribution in [0.1, 0.15) is 41.0 Å². The van der Waals surface area contributed by atoms with Gasteiger partial charge in [0.05, 0.1) is 29.5 Å². The van der Waals surface area contributed by atoms with Gasteiger partial charge in [0.15, 0.2) is 0 Å². The standard InChI is InChI=1S/C20H26O6/c1-6-9(2)17(21)24-12-7-10(3)20(23)8-13-19(5,26-13)16(20)15-14(12)11(4)18(22)25-15/h6-7,11-16,23H,8H2,1-5H3. The molecule has 26 heavy (non-hydrogen) atoms. The summed E-state index contributed by atoms with van der Waals surface area (Å²) in [5.74, 6) is -1.85. The molecule has 3 fully saturated rings. The molecule has 2 saturated heterocycles. The summed E-state index contributed by atoms with van der Waals surface area (Å²) >= 11 is 0. The molecule has 0 amide bonds. The van der Waals surface area contributed by atoms with Crippen molar-refractivity contribution in [2.75, 3.05) is 0 Å². The molecule has 8 atom stereocenters. The minimum absolute atomic E-state index is 0.0273. The quantitative estimate of drug-likeness (QED) is 0.350. The van der Waals surface area contributed by atoms with E-state index >= 15 is 0 Å². The van der Waals surface area contributed by atoms with Crippen molar-refractivity contribution in [3.63, 3.8) is 0 Å². The maximum absolute atomic E-state index is 12.4. The molecule has 2 aliphatic heterocycles. The fraction of sp³-hybridized carbons (Fsp3) is 0.700. The van der Waals surface area contributed by atoms with Crippen LogP contribution in [0.25, 0.3) is 0 Å². The Morgan fingerprint density at radius 3 is 2.81 bits per heavy atom. The van der Waals surface area contributed by atoms with Crippen molar-refractivity contribution in [3.05, 3.63) is 23.3 Å². The fourth-order valence-corrected chi connectivity index (χ4v) is 5.15. The summed E-state index contributed by atoms with van der Waals surface area (Å²) in [6.07, 6.45) is 2.78. The van der Waals surface area contributed by atoms with Gasteiger partial charge in [0, 0.05) is 12.0 Å². The predicted octanol–water partition coefficient (Wildman–Crippen LogP) is 1.91. The first-order chi connectivity index (χ1) is 12.1. The average molecular weight is 362 g/mol. The number of aliphatic hydroxyl groups is 1. The zero-order valence-electron chi connectivity index (χ0n) is 15.8. The van der Waals surface area contributed by atoms with Crippen LogP contribution in [0.5, 0.6) is 0 Å². The molecule has 2 heterocycles. The third-order valence-corrected chi connectivity index (χ3v) is 6.99. The summed E-state index contributed by atoms with van der Waals surface area (Å²) < 4.78 is 17.3. The molecular formula is C20H26O6. The van der Waals surface area contributed by atoms with Crippen molar-refractivity contribution in [2.45, 2.75) is 70.6 Å². The molecule has 0 radical (unpaired) electrons. The molecule has 1 N–H and O–H groups in total. The molecule has 142 valence electrons. The Hall–Kier alpha value is -1.66. The van der Waals surface area contributed by atoms with E-state index in [0.717, 1.165) is 5.57 Å². The molecule has 0 spiro atoms. The summed E-state index contributed by atoms with van der Waals surface area (Å²) in [6, 6.07) is 0. The number of allylic oxidation sites excluding steroid dienone is 1. The number of carbonyl (C=O) groups is 2. The second-order valence-corrected chi connectivity index (χ2v) is 8.36. The SMILES string of the molecule is CC=C(C)C(=O)OC1C=C(C)C2(O)CC3OC3(C)C2C2OC(=O)C(C)C12. The minimum atomic E-state index is -1.11. The molecule has 0 aromatic heterocycles. The van der Waals surface area contributed by atoms with E-state index in [1.54, 1.807) is 26.8 Å². The van der Waals surface area contributed by atoms with Crippen LogP contribution >= 0.6 is 0 Å². The third kappa shape index (κ3) is 2.18. The van der Waals surface area contributed by atoms with E-state index in [2.05, 4.69) is 0 Å². The maximum Gasteiger partial charge on any atom is 0.333 e. The molecule has 2 aliphatic carbocycles. The van der Waals surface area contributed by atoms with Crippen molar-refractivity contribution < 1.29 is 28.9 Å². The zero-order valence-corrected chi connectivity index (χ0v) is 15.8. The van der Waals surface area contributed by atoms with Gasteiger partial charge in [-0.15, -0.1) is 0 Å². The summed E-state index contributed by atoms with van der Waals surface area (Å²) in [7, 11) is 0. The second-order valence-electron chi connectivity index (χ2n) is 8.36. The number of epoxide rings is 1. The van der Waals surface area contributed by atoms with Crippen LogP contribution in [0.15, 0.2) is 23.3 Å². The molecule has 6 nitrogen and oxygen atoms in total. The van der Waals surface area contributed by atoms with Gasteiger partial charge in [-0.25, -0.2) is 4.79 Å². The topological polar surface area (TPSA) is 85.4 Å². The summed E-state index contributed by atoms with van der Waals surface area (Å²) in [6.45, 7) is 9.10. The molecule has 0 bridgehead atoms. The first-order valence-corrected chi connectivity index (χ1v) is 9.27. The number of rotatable bonds is 2. The minimum Gasteiger partial charge on any atom is -0.461 e. The van der Waals surface area contributed by atoms with Crippen LogP contribution in [0.4, 0.5) is 0 Å². The van der Waals surface area contributed by atoms with Gasteiger partial charge >= 0.3 is 11.9 Å². The number of carbonyl (C=O) groups excluding carboxylic acids is 2. The van der Waals surface area contributed by atoms with E-state index in [4.69, 9.17) is 14.2 Å². The fourth-order valence-electron chi connectivity index (χ4n) is 5.15. The lowest BCUT2D eigenvalue weighted by Gasteiger charge is -2.38. The molecule has 8 unspecified atom stereocenters. The molecule has 6 heteroatoms. The van der Waals surface area contributed by atoms with Crippen molar-refractivity contribution in [1.82, 2.24) is 0 Å². The first kappa shape index (κ1) is 17.7. The van der Waals surface area contributed by atoms with Crippen LogP contribution in [0.2, 0.25) is 0 Å². The molecule has 4 aliphatic rings. The van der Waals surface area contributed by atoms with E-state index in [1.165, 1.54) is 0 Å². The van der Waals surface area contributed by atoms with E-state index in [-0.39, 0.29) is 23.9 Å². The maximum atomic E-state index is 12.4. The Balaban J connectivity index is 1.77. The van der Waals surface area contributed by atoms with E-state index in [9.17, 15) is 14.7 Å². The Labute approximate surface area is 153 Å². The lowest BCUT2D eigenvalue weighted by Crippen LogP contribution is -2.49. The highest BCUT2D eigenvalue weighted by Gasteiger charge is 2.76. The van der Waals surface area contributed by atoms with Crippen LogP contribution in [0, 0.1) is 17.8 Å². The van der Waals surface area contributed by atoms with Gasteiger partial charge in [0.25, 0.3) is 0 Å². The van der Waals surface area contributed by atoms with Crippen LogP contribution in [-0.2, 0) is 23.8 Å². The van der Waals surface area contributed by atoms with Crippen molar-refractivity contribution in [1.29, 1.82) is 0 Å². The molecule has 4 rings (SSSR count). The lowest BCUT2D eigenvalue weighted by molar-refractivity contribution is -0.152. The highest BCUT2D eigenvalue weighted by molar-refractivity contribution is 5.88. The Bertz CT molecular complexity index is 739. The number of hydrogen-bond acceptors (Lipinski definition) is 6. The van der Waals surface area contributed by atoms with Gasteiger partial charge in [-0.2, -0.15) is 0 Å². The molecule has 0 aromatic rings. The van der Waals surface area contributed by atoms with Crippen LogP contribution in [-0.4, -0.2) is 46.6 Å². The first-order valence-electron chi connectivity index (χ1n) is 9.27. The number of esters is 2. The second kappa shape index (κ2) is 5.42. The number of fused-ring (bicyclic) bond motifs is 5. The predicted molar refractivity (Wildman–Crippen MR) is 91.9 cm³/mol. The number of hydrogen-bond donors (Lipinski definition) is 1. The molecule has 1 saturated carbocycles. The van der Waals surface area contributed by atoms with Crippen molar-refractivity contribution in [2.24, 2.45) is 17.8 Å². The summed E-state index contributed by atoms with van der Waals surface area (Å²) in [4.78, 5) is 24.7. The highest BCUT2D eigenvalue weighted by atomic mass is 16.6. The van der Waals surface area contributed by atoms with Gasteiger partial charge in [-0.3, -0.25) is 4.79 Å². The Morgan fingerprint density at radius 1 is 1.46 bits per heavy atom.